The van der Waals surface area contributed by atoms with E-state index in [-0.39, 0.29) is 13.0 Å². The van der Waals surface area contributed by atoms with Crippen molar-refractivity contribution in [1.82, 2.24) is 0 Å². The van der Waals surface area contributed by atoms with Crippen molar-refractivity contribution in [1.29, 1.82) is 0 Å². The standard InChI is InChI=1S/C23H30N2O5S/c1-7-20(25(31(6,28)29)21-14-15(3)12-13-16(21)4)22(26)24-19-11-9-10-18(17(19)5)23(27)30-8-2/h9-14,20H,7-8H2,1-6H3,(H,24,26). The van der Waals surface area contributed by atoms with Crippen LogP contribution in [0.4, 0.5) is 11.4 Å². The molecule has 7 nitrogen and oxygen atoms in total. The number of amides is 1. The van der Waals surface area contributed by atoms with Crippen LogP contribution < -0.4 is 9.62 Å². The monoisotopic (exact) mass is 446 g/mol. The fourth-order valence-corrected chi connectivity index (χ4v) is 4.67. The molecule has 1 N–H and O–H groups in total. The number of nitrogens with zero attached hydrogens (tertiary/aromatic N) is 1. The van der Waals surface area contributed by atoms with Gasteiger partial charge >= 0.3 is 5.97 Å². The van der Waals surface area contributed by atoms with Crippen LogP contribution in [0.15, 0.2) is 36.4 Å². The maximum atomic E-state index is 13.2. The summed E-state index contributed by atoms with van der Waals surface area (Å²) in [4.78, 5) is 25.4. The van der Waals surface area contributed by atoms with Gasteiger partial charge in [0.15, 0.2) is 0 Å². The van der Waals surface area contributed by atoms with Crippen molar-refractivity contribution in [3.05, 3.63) is 58.7 Å². The number of nitrogens with one attached hydrogen (secondary N) is 1. The van der Waals surface area contributed by atoms with Gasteiger partial charge in [0.25, 0.3) is 0 Å². The molecule has 0 fully saturated rings. The summed E-state index contributed by atoms with van der Waals surface area (Å²) < 4.78 is 31.7. The van der Waals surface area contributed by atoms with Gasteiger partial charge < -0.3 is 10.1 Å². The fourth-order valence-electron chi connectivity index (χ4n) is 3.41. The molecule has 168 valence electrons. The molecule has 0 aliphatic rings. The van der Waals surface area contributed by atoms with Gasteiger partial charge in [-0.1, -0.05) is 25.1 Å². The van der Waals surface area contributed by atoms with Crippen LogP contribution in [0.1, 0.15) is 47.3 Å². The minimum Gasteiger partial charge on any atom is -0.462 e. The zero-order valence-corrected chi connectivity index (χ0v) is 19.7. The summed E-state index contributed by atoms with van der Waals surface area (Å²) in [5.41, 5.74) is 3.46. The summed E-state index contributed by atoms with van der Waals surface area (Å²) in [6.07, 6.45) is 1.36. The Labute approximate surface area is 184 Å². The summed E-state index contributed by atoms with van der Waals surface area (Å²) >= 11 is 0. The Kier molecular flexibility index (Phi) is 7.84. The fraction of sp³-hybridized carbons (Fsp3) is 0.391. The Hall–Kier alpha value is -2.87. The quantitative estimate of drug-likeness (QED) is 0.620. The van der Waals surface area contributed by atoms with Crippen LogP contribution in [-0.2, 0) is 19.6 Å². The first-order valence-electron chi connectivity index (χ1n) is 10.2. The molecule has 0 aromatic heterocycles. The third kappa shape index (κ3) is 5.64. The molecular formula is C23H30N2O5S. The molecule has 2 rings (SSSR count). The Morgan fingerprint density at radius 2 is 1.77 bits per heavy atom. The van der Waals surface area contributed by atoms with E-state index < -0.39 is 27.9 Å². The van der Waals surface area contributed by atoms with Crippen LogP contribution in [0, 0.1) is 20.8 Å². The number of benzene rings is 2. The molecule has 2 aromatic rings. The molecule has 1 atom stereocenters. The summed E-state index contributed by atoms with van der Waals surface area (Å²) in [7, 11) is -3.75. The summed E-state index contributed by atoms with van der Waals surface area (Å²) in [6.45, 7) is 9.11. The number of ether oxygens (including phenoxy) is 1. The van der Waals surface area contributed by atoms with Gasteiger partial charge in [-0.2, -0.15) is 0 Å². The van der Waals surface area contributed by atoms with E-state index in [1.807, 2.05) is 26.0 Å². The highest BCUT2D eigenvalue weighted by atomic mass is 32.2. The predicted octanol–water partition coefficient (Wildman–Crippen LogP) is 3.97. The molecule has 1 unspecified atom stereocenters. The third-order valence-electron chi connectivity index (χ3n) is 5.02. The van der Waals surface area contributed by atoms with E-state index >= 15 is 0 Å². The lowest BCUT2D eigenvalue weighted by atomic mass is 10.1. The summed E-state index contributed by atoms with van der Waals surface area (Å²) in [5.74, 6) is -0.950. The Morgan fingerprint density at radius 1 is 1.10 bits per heavy atom. The minimum absolute atomic E-state index is 0.242. The molecule has 0 radical (unpaired) electrons. The third-order valence-corrected chi connectivity index (χ3v) is 6.18. The molecular weight excluding hydrogens is 416 g/mol. The number of carbonyl (C=O) groups excluding carboxylic acids is 2. The largest absolute Gasteiger partial charge is 0.462 e. The lowest BCUT2D eigenvalue weighted by Crippen LogP contribution is -2.47. The van der Waals surface area contributed by atoms with Gasteiger partial charge in [0.1, 0.15) is 6.04 Å². The number of hydrogen-bond acceptors (Lipinski definition) is 5. The lowest BCUT2D eigenvalue weighted by molar-refractivity contribution is -0.117. The topological polar surface area (TPSA) is 92.8 Å². The van der Waals surface area contributed by atoms with Gasteiger partial charge in [0.05, 0.1) is 24.1 Å². The van der Waals surface area contributed by atoms with E-state index in [1.165, 1.54) is 4.31 Å². The predicted molar refractivity (Wildman–Crippen MR) is 123 cm³/mol. The molecule has 0 aliphatic carbocycles. The first-order valence-corrected chi connectivity index (χ1v) is 12.0. The summed E-state index contributed by atoms with van der Waals surface area (Å²) in [6, 6.07) is 9.48. The van der Waals surface area contributed by atoms with E-state index in [0.717, 1.165) is 17.4 Å². The van der Waals surface area contributed by atoms with E-state index in [2.05, 4.69) is 5.32 Å². The average Bonchev–Trinajstić information content (AvgIpc) is 2.68. The highest BCUT2D eigenvalue weighted by Gasteiger charge is 2.33. The second-order valence-electron chi connectivity index (χ2n) is 7.46. The van der Waals surface area contributed by atoms with Crippen LogP contribution in [0.25, 0.3) is 0 Å². The second-order valence-corrected chi connectivity index (χ2v) is 9.32. The number of esters is 1. The van der Waals surface area contributed by atoms with Crippen LogP contribution in [0.3, 0.4) is 0 Å². The van der Waals surface area contributed by atoms with Gasteiger partial charge in [-0.3, -0.25) is 9.10 Å². The van der Waals surface area contributed by atoms with Crippen LogP contribution in [0.2, 0.25) is 0 Å². The molecule has 8 heteroatoms. The van der Waals surface area contributed by atoms with Crippen molar-refractivity contribution >= 4 is 33.3 Å². The van der Waals surface area contributed by atoms with Crippen LogP contribution in [-0.4, -0.2) is 39.2 Å². The molecule has 0 aliphatic heterocycles. The van der Waals surface area contributed by atoms with Crippen LogP contribution in [0.5, 0.6) is 0 Å². The van der Waals surface area contributed by atoms with Gasteiger partial charge in [-0.05, 0) is 69.0 Å². The number of rotatable bonds is 8. The number of aryl methyl sites for hydroxylation is 2. The zero-order chi connectivity index (χ0) is 23.3. The maximum absolute atomic E-state index is 13.2. The first-order chi connectivity index (χ1) is 14.5. The normalized spacial score (nSPS) is 12.2. The van der Waals surface area contributed by atoms with Gasteiger partial charge in [0, 0.05) is 5.69 Å². The zero-order valence-electron chi connectivity index (χ0n) is 18.9. The second kappa shape index (κ2) is 9.96. The molecule has 0 heterocycles. The van der Waals surface area contributed by atoms with Crippen molar-refractivity contribution in [2.45, 2.75) is 47.1 Å². The highest BCUT2D eigenvalue weighted by molar-refractivity contribution is 7.92. The molecule has 0 spiro atoms. The number of carbonyl (C=O) groups is 2. The van der Waals surface area contributed by atoms with E-state index in [9.17, 15) is 18.0 Å². The van der Waals surface area contributed by atoms with E-state index in [0.29, 0.717) is 22.5 Å². The highest BCUT2D eigenvalue weighted by Crippen LogP contribution is 2.28. The molecule has 2 aromatic carbocycles. The van der Waals surface area contributed by atoms with Gasteiger partial charge in [-0.15, -0.1) is 0 Å². The van der Waals surface area contributed by atoms with Crippen LogP contribution >= 0.6 is 0 Å². The average molecular weight is 447 g/mol. The van der Waals surface area contributed by atoms with Crippen molar-refractivity contribution in [3.8, 4) is 0 Å². The molecule has 0 saturated carbocycles. The maximum Gasteiger partial charge on any atom is 0.338 e. The Bertz CT molecular complexity index is 1080. The van der Waals surface area contributed by atoms with Crippen molar-refractivity contribution in [2.75, 3.05) is 22.5 Å². The number of hydrogen-bond donors (Lipinski definition) is 1. The van der Waals surface area contributed by atoms with E-state index in [4.69, 9.17) is 4.74 Å². The smallest absolute Gasteiger partial charge is 0.338 e. The molecule has 0 bridgehead atoms. The van der Waals surface area contributed by atoms with Crippen molar-refractivity contribution < 1.29 is 22.7 Å². The Balaban J connectivity index is 2.45. The minimum atomic E-state index is -3.75. The summed E-state index contributed by atoms with van der Waals surface area (Å²) in [5, 5.41) is 2.80. The lowest BCUT2D eigenvalue weighted by Gasteiger charge is -2.31. The van der Waals surface area contributed by atoms with Gasteiger partial charge in [0.2, 0.25) is 15.9 Å². The number of sulfonamides is 1. The molecule has 0 saturated heterocycles. The molecule has 31 heavy (non-hydrogen) atoms. The SMILES string of the molecule is CCOC(=O)c1cccc(NC(=O)C(CC)N(c2cc(C)ccc2C)S(C)(=O)=O)c1C. The number of anilines is 2. The van der Waals surface area contributed by atoms with Gasteiger partial charge in [-0.25, -0.2) is 13.2 Å². The Morgan fingerprint density at radius 3 is 2.35 bits per heavy atom. The molecule has 1 amide bonds. The van der Waals surface area contributed by atoms with Crippen molar-refractivity contribution in [2.24, 2.45) is 0 Å². The first kappa shape index (κ1) is 24.4. The van der Waals surface area contributed by atoms with E-state index in [1.54, 1.807) is 45.0 Å². The van der Waals surface area contributed by atoms with Crippen molar-refractivity contribution in [3.63, 3.8) is 0 Å².